The maximum atomic E-state index is 6.64. The fourth-order valence-electron chi connectivity index (χ4n) is 5.41. The molecule has 0 bridgehead atoms. The number of hydrogen-bond donors (Lipinski definition) is 0. The van der Waals surface area contributed by atoms with Crippen LogP contribution in [0.25, 0.3) is 0 Å². The van der Waals surface area contributed by atoms with E-state index in [1.165, 1.54) is 0 Å². The zero-order valence-corrected chi connectivity index (χ0v) is 23.5. The van der Waals surface area contributed by atoms with E-state index in [-0.39, 0.29) is 12.7 Å². The maximum absolute atomic E-state index is 6.64. The SMILES string of the molecule is CC1(C)OCC(CO[C@H]2O[C@@H]3CO[C@@H](c4ccccc4)O[C@H]3[C@H](OCc3ccccc3)[C@H]2OCc2ccccc2)O1. The zero-order valence-electron chi connectivity index (χ0n) is 23.5. The van der Waals surface area contributed by atoms with Gasteiger partial charge in [-0.25, -0.2) is 0 Å². The van der Waals surface area contributed by atoms with Gasteiger partial charge in [-0.2, -0.15) is 0 Å². The molecular weight excluding hydrogens is 524 g/mol. The Morgan fingerprint density at radius 3 is 1.93 bits per heavy atom. The largest absolute Gasteiger partial charge is 0.368 e. The highest BCUT2D eigenvalue weighted by molar-refractivity contribution is 5.17. The Labute approximate surface area is 241 Å². The summed E-state index contributed by atoms with van der Waals surface area (Å²) in [6.07, 6.45) is -3.40. The van der Waals surface area contributed by atoms with Gasteiger partial charge in [-0.3, -0.25) is 0 Å². The molecule has 0 saturated carbocycles. The number of fused-ring (bicyclic) bond motifs is 1. The van der Waals surface area contributed by atoms with Gasteiger partial charge >= 0.3 is 0 Å². The summed E-state index contributed by atoms with van der Waals surface area (Å²) in [7, 11) is 0. The standard InChI is InChI=1S/C33H38O8/c1-33(2)38-21-26(41-33)20-36-32-30(35-19-24-14-8-4-9-15-24)29(34-18-23-12-6-3-7-13-23)28-27(39-32)22-37-31(40-28)25-16-10-5-11-17-25/h3-17,26-32H,18-22H2,1-2H3/t26?,27-,28-,29+,30-,31-,32+/m1/s1. The Kier molecular flexibility index (Phi) is 9.10. The van der Waals surface area contributed by atoms with Gasteiger partial charge in [0, 0.05) is 5.56 Å². The lowest BCUT2D eigenvalue weighted by Gasteiger charge is -2.49. The van der Waals surface area contributed by atoms with Crippen molar-refractivity contribution in [2.75, 3.05) is 19.8 Å². The third-order valence-corrected chi connectivity index (χ3v) is 7.44. The van der Waals surface area contributed by atoms with Gasteiger partial charge in [0.15, 0.2) is 18.4 Å². The average molecular weight is 563 g/mol. The summed E-state index contributed by atoms with van der Waals surface area (Å²) in [4.78, 5) is 0. The Hall–Kier alpha value is -2.66. The summed E-state index contributed by atoms with van der Waals surface area (Å²) >= 11 is 0. The fraction of sp³-hybridized carbons (Fsp3) is 0.455. The molecule has 3 aromatic rings. The molecule has 0 amide bonds. The first-order valence-electron chi connectivity index (χ1n) is 14.3. The van der Waals surface area contributed by atoms with Crippen molar-refractivity contribution < 1.29 is 37.9 Å². The molecule has 6 rings (SSSR count). The fourth-order valence-corrected chi connectivity index (χ4v) is 5.41. The molecule has 3 aliphatic heterocycles. The van der Waals surface area contributed by atoms with Crippen molar-refractivity contribution in [1.82, 2.24) is 0 Å². The number of ether oxygens (including phenoxy) is 8. The van der Waals surface area contributed by atoms with Crippen LogP contribution in [-0.2, 0) is 51.1 Å². The van der Waals surface area contributed by atoms with Gasteiger partial charge in [-0.1, -0.05) is 91.0 Å². The molecule has 41 heavy (non-hydrogen) atoms. The van der Waals surface area contributed by atoms with Crippen molar-refractivity contribution in [3.8, 4) is 0 Å². The van der Waals surface area contributed by atoms with Crippen molar-refractivity contribution >= 4 is 0 Å². The van der Waals surface area contributed by atoms with Crippen LogP contribution in [0.3, 0.4) is 0 Å². The first kappa shape index (κ1) is 28.5. The second kappa shape index (κ2) is 13.1. The van der Waals surface area contributed by atoms with Crippen molar-refractivity contribution in [3.05, 3.63) is 108 Å². The first-order valence-corrected chi connectivity index (χ1v) is 14.3. The summed E-state index contributed by atoms with van der Waals surface area (Å²) in [5.41, 5.74) is 3.04. The van der Waals surface area contributed by atoms with E-state index in [9.17, 15) is 0 Å². The van der Waals surface area contributed by atoms with E-state index >= 15 is 0 Å². The molecule has 3 aliphatic rings. The van der Waals surface area contributed by atoms with Gasteiger partial charge in [-0.15, -0.1) is 0 Å². The van der Waals surface area contributed by atoms with E-state index in [1.807, 2.05) is 105 Å². The van der Waals surface area contributed by atoms with Crippen LogP contribution in [0.15, 0.2) is 91.0 Å². The maximum Gasteiger partial charge on any atom is 0.187 e. The lowest BCUT2D eigenvalue weighted by molar-refractivity contribution is -0.374. The molecule has 3 heterocycles. The molecule has 7 atom stereocenters. The second-order valence-electron chi connectivity index (χ2n) is 11.0. The van der Waals surface area contributed by atoms with E-state index in [0.29, 0.717) is 26.4 Å². The third kappa shape index (κ3) is 7.23. The highest BCUT2D eigenvalue weighted by Gasteiger charge is 2.52. The Bertz CT molecular complexity index is 1210. The van der Waals surface area contributed by atoms with Gasteiger partial charge in [0.2, 0.25) is 0 Å². The first-order chi connectivity index (χ1) is 20.0. The Morgan fingerprint density at radius 2 is 1.32 bits per heavy atom. The van der Waals surface area contributed by atoms with Crippen LogP contribution < -0.4 is 0 Å². The van der Waals surface area contributed by atoms with E-state index in [1.54, 1.807) is 0 Å². The monoisotopic (exact) mass is 562 g/mol. The highest BCUT2D eigenvalue weighted by atomic mass is 16.8. The van der Waals surface area contributed by atoms with Gasteiger partial charge in [-0.05, 0) is 25.0 Å². The molecule has 218 valence electrons. The molecule has 8 heteroatoms. The molecule has 0 N–H and O–H groups in total. The van der Waals surface area contributed by atoms with E-state index in [2.05, 4.69) is 0 Å². The van der Waals surface area contributed by atoms with Gasteiger partial charge in [0.05, 0.1) is 33.0 Å². The van der Waals surface area contributed by atoms with Crippen LogP contribution in [0.1, 0.15) is 36.8 Å². The minimum atomic E-state index is -0.728. The quantitative estimate of drug-likeness (QED) is 0.335. The van der Waals surface area contributed by atoms with Gasteiger partial charge in [0.25, 0.3) is 0 Å². The van der Waals surface area contributed by atoms with E-state index in [0.717, 1.165) is 16.7 Å². The molecule has 3 fully saturated rings. The van der Waals surface area contributed by atoms with Crippen molar-refractivity contribution in [2.45, 2.75) is 75.9 Å². The van der Waals surface area contributed by atoms with Crippen LogP contribution in [0.2, 0.25) is 0 Å². The molecule has 3 saturated heterocycles. The molecular formula is C33H38O8. The predicted molar refractivity (Wildman–Crippen MR) is 150 cm³/mol. The molecule has 0 aromatic heterocycles. The summed E-state index contributed by atoms with van der Waals surface area (Å²) < 4.78 is 50.5. The normalized spacial score (nSPS) is 31.0. The Balaban J connectivity index is 1.25. The van der Waals surface area contributed by atoms with Crippen molar-refractivity contribution in [3.63, 3.8) is 0 Å². The molecule has 0 spiro atoms. The molecule has 8 nitrogen and oxygen atoms in total. The van der Waals surface area contributed by atoms with Crippen LogP contribution in [-0.4, -0.2) is 62.4 Å². The summed E-state index contributed by atoms with van der Waals surface area (Å²) in [6.45, 7) is 5.61. The van der Waals surface area contributed by atoms with Crippen LogP contribution in [0.5, 0.6) is 0 Å². The summed E-state index contributed by atoms with van der Waals surface area (Å²) in [5, 5.41) is 0. The van der Waals surface area contributed by atoms with Gasteiger partial charge in [0.1, 0.15) is 30.5 Å². The van der Waals surface area contributed by atoms with Crippen LogP contribution >= 0.6 is 0 Å². The smallest absolute Gasteiger partial charge is 0.187 e. The van der Waals surface area contributed by atoms with Crippen molar-refractivity contribution in [1.29, 1.82) is 0 Å². The number of benzene rings is 3. The average Bonchev–Trinajstić information content (AvgIpc) is 3.37. The van der Waals surface area contributed by atoms with E-state index < -0.39 is 42.8 Å². The second-order valence-corrected chi connectivity index (χ2v) is 11.0. The summed E-state index contributed by atoms with van der Waals surface area (Å²) in [6, 6.07) is 30.0. The summed E-state index contributed by atoms with van der Waals surface area (Å²) in [5.74, 6) is -0.644. The third-order valence-electron chi connectivity index (χ3n) is 7.44. The minimum absolute atomic E-state index is 0.217. The molecule has 0 radical (unpaired) electrons. The van der Waals surface area contributed by atoms with Crippen LogP contribution in [0, 0.1) is 0 Å². The minimum Gasteiger partial charge on any atom is -0.368 e. The lowest BCUT2D eigenvalue weighted by Crippen LogP contribution is -2.63. The molecule has 1 unspecified atom stereocenters. The van der Waals surface area contributed by atoms with Crippen LogP contribution in [0.4, 0.5) is 0 Å². The molecule has 3 aromatic carbocycles. The van der Waals surface area contributed by atoms with Gasteiger partial charge < -0.3 is 37.9 Å². The highest BCUT2D eigenvalue weighted by Crippen LogP contribution is 2.37. The molecule has 0 aliphatic carbocycles. The predicted octanol–water partition coefficient (Wildman–Crippen LogP) is 5.16. The van der Waals surface area contributed by atoms with Crippen molar-refractivity contribution in [2.24, 2.45) is 0 Å². The zero-order chi connectivity index (χ0) is 28.1. The van der Waals surface area contributed by atoms with E-state index in [4.69, 9.17) is 37.9 Å². The number of rotatable bonds is 10. The lowest BCUT2D eigenvalue weighted by atomic mass is 9.97. The number of hydrogen-bond acceptors (Lipinski definition) is 8. The topological polar surface area (TPSA) is 73.8 Å². The Morgan fingerprint density at radius 1 is 0.707 bits per heavy atom.